The van der Waals surface area contributed by atoms with Gasteiger partial charge in [-0.05, 0) is 15.9 Å². The van der Waals surface area contributed by atoms with Crippen molar-refractivity contribution in [1.82, 2.24) is 15.0 Å². The van der Waals surface area contributed by atoms with Crippen molar-refractivity contribution in [2.24, 2.45) is 0 Å². The minimum absolute atomic E-state index is 0.368. The van der Waals surface area contributed by atoms with Gasteiger partial charge in [0, 0.05) is 18.7 Å². The monoisotopic (exact) mass is 319 g/mol. The maximum absolute atomic E-state index is 5.99. The Morgan fingerprint density at radius 3 is 2.94 bits per heavy atom. The molecule has 7 heteroatoms. The summed E-state index contributed by atoms with van der Waals surface area (Å²) in [6.07, 6.45) is 1.70. The molecule has 2 rings (SSSR count). The number of thiazole rings is 1. The quantitative estimate of drug-likeness (QED) is 0.815. The van der Waals surface area contributed by atoms with Crippen molar-refractivity contribution >= 4 is 38.9 Å². The Balaban J connectivity index is 2.48. The summed E-state index contributed by atoms with van der Waals surface area (Å²) >= 11 is 10.8. The van der Waals surface area contributed by atoms with E-state index in [0.29, 0.717) is 27.8 Å². The zero-order chi connectivity index (χ0) is 11.5. The average molecular weight is 321 g/mol. The predicted molar refractivity (Wildman–Crippen MR) is 66.6 cm³/mol. The van der Waals surface area contributed by atoms with E-state index in [9.17, 15) is 0 Å². The molecule has 0 aromatic carbocycles. The highest BCUT2D eigenvalue weighted by molar-refractivity contribution is 9.10. The lowest BCUT2D eigenvalue weighted by Crippen LogP contribution is -1.99. The van der Waals surface area contributed by atoms with Gasteiger partial charge in [-0.1, -0.05) is 11.6 Å². The Labute approximate surface area is 110 Å². The summed E-state index contributed by atoms with van der Waals surface area (Å²) in [5, 5.41) is 2.98. The Hall–Kier alpha value is -0.560. The largest absolute Gasteiger partial charge is 0.378 e. The lowest BCUT2D eigenvalue weighted by Gasteiger charge is -2.05. The minimum atomic E-state index is 0.368. The smallest absolute Gasteiger partial charge is 0.190 e. The van der Waals surface area contributed by atoms with Crippen LogP contribution in [0, 0.1) is 0 Å². The number of rotatable bonds is 3. The van der Waals surface area contributed by atoms with Crippen LogP contribution in [0.1, 0.15) is 5.69 Å². The van der Waals surface area contributed by atoms with Crippen LogP contribution in [0.15, 0.2) is 16.0 Å². The second-order valence-corrected chi connectivity index (χ2v) is 4.91. The number of nitrogens with zero attached hydrogens (tertiary/aromatic N) is 3. The lowest BCUT2D eigenvalue weighted by atomic mass is 10.4. The molecule has 0 radical (unpaired) electrons. The van der Waals surface area contributed by atoms with Gasteiger partial charge in [-0.2, -0.15) is 0 Å². The first-order valence-electron chi connectivity index (χ1n) is 4.33. The van der Waals surface area contributed by atoms with Gasteiger partial charge in [0.05, 0.1) is 16.8 Å². The van der Waals surface area contributed by atoms with Crippen molar-refractivity contribution < 1.29 is 4.74 Å². The molecule has 0 aliphatic heterocycles. The van der Waals surface area contributed by atoms with Crippen LogP contribution in [0.25, 0.3) is 10.8 Å². The van der Waals surface area contributed by atoms with Crippen LogP contribution in [0.3, 0.4) is 0 Å². The molecule has 0 spiro atoms. The van der Waals surface area contributed by atoms with E-state index in [1.807, 2.05) is 5.38 Å². The van der Waals surface area contributed by atoms with Crippen molar-refractivity contribution in [1.29, 1.82) is 0 Å². The van der Waals surface area contributed by atoms with Gasteiger partial charge >= 0.3 is 0 Å². The van der Waals surface area contributed by atoms with Gasteiger partial charge < -0.3 is 4.74 Å². The highest BCUT2D eigenvalue weighted by Crippen LogP contribution is 2.27. The SMILES string of the molecule is COCc1nc(-c2nccs2)nc(Cl)c1Br. The maximum Gasteiger partial charge on any atom is 0.190 e. The number of halogens is 2. The molecule has 2 heterocycles. The fraction of sp³-hybridized carbons (Fsp3) is 0.222. The zero-order valence-electron chi connectivity index (χ0n) is 8.28. The summed E-state index contributed by atoms with van der Waals surface area (Å²) in [5.74, 6) is 0.523. The summed E-state index contributed by atoms with van der Waals surface area (Å²) < 4.78 is 5.70. The number of ether oxygens (including phenoxy) is 1. The van der Waals surface area contributed by atoms with Gasteiger partial charge in [-0.15, -0.1) is 11.3 Å². The molecular weight excluding hydrogens is 314 g/mol. The second-order valence-electron chi connectivity index (χ2n) is 2.87. The van der Waals surface area contributed by atoms with Gasteiger partial charge in [0.15, 0.2) is 10.8 Å². The minimum Gasteiger partial charge on any atom is -0.378 e. The van der Waals surface area contributed by atoms with Gasteiger partial charge in [0.25, 0.3) is 0 Å². The molecule has 84 valence electrons. The third-order valence-corrected chi connectivity index (χ3v) is 3.89. The fourth-order valence-electron chi connectivity index (χ4n) is 1.12. The molecule has 2 aromatic heterocycles. The van der Waals surface area contributed by atoms with E-state index in [2.05, 4.69) is 30.9 Å². The maximum atomic E-state index is 5.99. The summed E-state index contributed by atoms with van der Waals surface area (Å²) in [4.78, 5) is 12.6. The third kappa shape index (κ3) is 2.40. The number of aromatic nitrogens is 3. The first-order valence-corrected chi connectivity index (χ1v) is 6.38. The normalized spacial score (nSPS) is 10.7. The van der Waals surface area contributed by atoms with Crippen molar-refractivity contribution in [2.75, 3.05) is 7.11 Å². The van der Waals surface area contributed by atoms with E-state index in [1.54, 1.807) is 13.3 Å². The van der Waals surface area contributed by atoms with E-state index < -0.39 is 0 Å². The van der Waals surface area contributed by atoms with Crippen molar-refractivity contribution in [3.8, 4) is 10.8 Å². The average Bonchev–Trinajstić information content (AvgIpc) is 2.78. The first kappa shape index (κ1) is 11.9. The molecule has 0 amide bonds. The molecule has 2 aromatic rings. The molecule has 0 fully saturated rings. The zero-order valence-corrected chi connectivity index (χ0v) is 11.4. The number of methoxy groups -OCH3 is 1. The highest BCUT2D eigenvalue weighted by atomic mass is 79.9. The van der Waals surface area contributed by atoms with Crippen LogP contribution in [-0.4, -0.2) is 22.1 Å². The summed E-state index contributed by atoms with van der Waals surface area (Å²) in [5.41, 5.74) is 0.715. The molecule has 16 heavy (non-hydrogen) atoms. The van der Waals surface area contributed by atoms with Crippen LogP contribution < -0.4 is 0 Å². The van der Waals surface area contributed by atoms with Gasteiger partial charge in [-0.3, -0.25) is 0 Å². The molecule has 0 aliphatic rings. The first-order chi connectivity index (χ1) is 7.72. The summed E-state index contributed by atoms with van der Waals surface area (Å²) in [6.45, 7) is 0.376. The Morgan fingerprint density at radius 2 is 2.31 bits per heavy atom. The van der Waals surface area contributed by atoms with E-state index in [-0.39, 0.29) is 0 Å². The molecule has 0 atom stereocenters. The topological polar surface area (TPSA) is 47.9 Å². The van der Waals surface area contributed by atoms with E-state index in [1.165, 1.54) is 11.3 Å². The Morgan fingerprint density at radius 1 is 1.50 bits per heavy atom. The highest BCUT2D eigenvalue weighted by Gasteiger charge is 2.13. The van der Waals surface area contributed by atoms with Crippen molar-refractivity contribution in [2.45, 2.75) is 6.61 Å². The van der Waals surface area contributed by atoms with E-state index in [4.69, 9.17) is 16.3 Å². The van der Waals surface area contributed by atoms with Gasteiger partial charge in [0.1, 0.15) is 5.15 Å². The van der Waals surface area contributed by atoms with Crippen LogP contribution in [0.4, 0.5) is 0 Å². The van der Waals surface area contributed by atoms with Gasteiger partial charge in [-0.25, -0.2) is 15.0 Å². The van der Waals surface area contributed by atoms with Crippen LogP contribution >= 0.6 is 38.9 Å². The molecule has 4 nitrogen and oxygen atoms in total. The molecule has 0 unspecified atom stereocenters. The van der Waals surface area contributed by atoms with Gasteiger partial charge in [0.2, 0.25) is 0 Å². The summed E-state index contributed by atoms with van der Waals surface area (Å²) in [7, 11) is 1.60. The Bertz CT molecular complexity index is 492. The molecule has 0 aliphatic carbocycles. The third-order valence-electron chi connectivity index (χ3n) is 1.78. The standard InChI is InChI=1S/C9H7BrClN3OS/c1-15-4-5-6(10)7(11)14-8(13-5)9-12-2-3-16-9/h2-3H,4H2,1H3. The van der Waals surface area contributed by atoms with Crippen molar-refractivity contribution in [3.05, 3.63) is 26.9 Å². The van der Waals surface area contributed by atoms with Crippen LogP contribution in [0.5, 0.6) is 0 Å². The second kappa shape index (κ2) is 5.18. The van der Waals surface area contributed by atoms with Crippen molar-refractivity contribution in [3.63, 3.8) is 0 Å². The molecule has 0 saturated heterocycles. The summed E-state index contributed by atoms with van der Waals surface area (Å²) in [6, 6.07) is 0. The number of hydrogen-bond donors (Lipinski definition) is 0. The fourth-order valence-corrected chi connectivity index (χ4v) is 2.17. The van der Waals surface area contributed by atoms with Crippen LogP contribution in [-0.2, 0) is 11.3 Å². The molecule has 0 bridgehead atoms. The Kier molecular flexibility index (Phi) is 3.86. The van der Waals surface area contributed by atoms with E-state index >= 15 is 0 Å². The number of hydrogen-bond acceptors (Lipinski definition) is 5. The molecular formula is C9H7BrClN3OS. The predicted octanol–water partition coefficient (Wildman–Crippen LogP) is 3.16. The van der Waals surface area contributed by atoms with Crippen LogP contribution in [0.2, 0.25) is 5.15 Å². The molecule has 0 saturated carbocycles. The van der Waals surface area contributed by atoms with E-state index in [0.717, 1.165) is 5.01 Å². The lowest BCUT2D eigenvalue weighted by molar-refractivity contribution is 0.181. The molecule has 0 N–H and O–H groups in total.